The Balaban J connectivity index is 1.07. The first-order chi connectivity index (χ1) is 27.7. The number of nitrogens with zero attached hydrogens (tertiary/aromatic N) is 3. The van der Waals surface area contributed by atoms with Gasteiger partial charge in [0.25, 0.3) is 0 Å². The lowest BCUT2D eigenvalue weighted by molar-refractivity contribution is 1.08. The van der Waals surface area contributed by atoms with Crippen molar-refractivity contribution in [1.82, 2.24) is 15.0 Å². The van der Waals surface area contributed by atoms with Crippen LogP contribution in [-0.2, 0) is 0 Å². The molecule has 0 aliphatic carbocycles. The van der Waals surface area contributed by atoms with E-state index in [0.29, 0.717) is 17.5 Å². The molecular weight excluding hydrogens is 719 g/mol. The molecule has 0 radical (unpaired) electrons. The van der Waals surface area contributed by atoms with Crippen molar-refractivity contribution < 1.29 is 0 Å². The van der Waals surface area contributed by atoms with Gasteiger partial charge in [0.1, 0.15) is 0 Å². The maximum Gasteiger partial charge on any atom is 0.165 e. The summed E-state index contributed by atoms with van der Waals surface area (Å²) < 4.78 is 5.02. The molecule has 262 valence electrons. The van der Waals surface area contributed by atoms with Gasteiger partial charge in [-0.1, -0.05) is 158 Å². The predicted molar refractivity (Wildman–Crippen MR) is 238 cm³/mol. The van der Waals surface area contributed by atoms with E-state index in [1.54, 1.807) is 11.3 Å². The zero-order chi connectivity index (χ0) is 37.0. The van der Waals surface area contributed by atoms with Gasteiger partial charge in [-0.05, 0) is 63.7 Å². The standard InChI is InChI=1S/C51H31N3S2/c1-4-14-32(15-5-1)35-20-12-21-37(30-35)50-52-49(34-18-8-3-9-19-34)53-51(54-50)42-24-13-23-40-43-31-36(26-29-45(43)55-47(40)42)39-28-27-38(33-16-6-2-7-17-33)46-41-22-10-11-25-44(41)56-48(39)46/h1-31H. The fourth-order valence-electron chi connectivity index (χ4n) is 7.87. The molecule has 56 heavy (non-hydrogen) atoms. The van der Waals surface area contributed by atoms with E-state index in [4.69, 9.17) is 15.0 Å². The Morgan fingerprint density at radius 2 is 0.857 bits per heavy atom. The van der Waals surface area contributed by atoms with E-state index in [0.717, 1.165) is 27.8 Å². The van der Waals surface area contributed by atoms with Crippen LogP contribution < -0.4 is 0 Å². The van der Waals surface area contributed by atoms with E-state index in [1.807, 2.05) is 35.6 Å². The first kappa shape index (κ1) is 32.6. The molecule has 0 N–H and O–H groups in total. The van der Waals surface area contributed by atoms with Crippen LogP contribution in [0.4, 0.5) is 0 Å². The molecule has 0 aliphatic heterocycles. The Morgan fingerprint density at radius 3 is 1.66 bits per heavy atom. The quantitative estimate of drug-likeness (QED) is 0.170. The van der Waals surface area contributed by atoms with Crippen molar-refractivity contribution in [3.05, 3.63) is 188 Å². The summed E-state index contributed by atoms with van der Waals surface area (Å²) in [5.41, 5.74) is 10.2. The fourth-order valence-corrected chi connectivity index (χ4v) is 10.3. The summed E-state index contributed by atoms with van der Waals surface area (Å²) >= 11 is 3.68. The number of benzene rings is 8. The SMILES string of the molecule is c1ccc(-c2cccc(-c3nc(-c4ccccc4)nc(-c4cccc5c4sc4ccc(-c6ccc(-c7ccccc7)c7c6sc6ccccc67)cc45)n3)c2)cc1. The van der Waals surface area contributed by atoms with E-state index >= 15 is 0 Å². The van der Waals surface area contributed by atoms with Crippen LogP contribution in [0.2, 0.25) is 0 Å². The summed E-state index contributed by atoms with van der Waals surface area (Å²) in [5.74, 6) is 1.97. The Labute approximate surface area is 331 Å². The van der Waals surface area contributed by atoms with Crippen LogP contribution in [0.15, 0.2) is 188 Å². The molecule has 3 aromatic heterocycles. The average molecular weight is 750 g/mol. The molecule has 0 aliphatic rings. The van der Waals surface area contributed by atoms with Crippen LogP contribution in [0.1, 0.15) is 0 Å². The second-order valence-electron chi connectivity index (χ2n) is 13.9. The molecule has 0 bridgehead atoms. The lowest BCUT2D eigenvalue weighted by Gasteiger charge is -2.10. The van der Waals surface area contributed by atoms with Crippen LogP contribution >= 0.6 is 22.7 Å². The third-order valence-electron chi connectivity index (χ3n) is 10.6. The molecule has 3 nitrogen and oxygen atoms in total. The van der Waals surface area contributed by atoms with Gasteiger partial charge >= 0.3 is 0 Å². The number of hydrogen-bond donors (Lipinski definition) is 0. The zero-order valence-corrected chi connectivity index (χ0v) is 31.7. The highest BCUT2D eigenvalue weighted by Gasteiger charge is 2.19. The molecule has 0 amide bonds. The monoisotopic (exact) mass is 749 g/mol. The molecule has 0 fully saturated rings. The summed E-state index contributed by atoms with van der Waals surface area (Å²) in [4.78, 5) is 15.4. The first-order valence-electron chi connectivity index (χ1n) is 18.7. The number of fused-ring (bicyclic) bond motifs is 6. The zero-order valence-electron chi connectivity index (χ0n) is 30.1. The predicted octanol–water partition coefficient (Wildman–Crippen LogP) is 14.6. The molecule has 11 aromatic rings. The van der Waals surface area contributed by atoms with Crippen molar-refractivity contribution in [3.8, 4) is 67.5 Å². The lowest BCUT2D eigenvalue weighted by atomic mass is 9.94. The molecule has 5 heteroatoms. The normalized spacial score (nSPS) is 11.6. The van der Waals surface area contributed by atoms with Gasteiger partial charge in [-0.25, -0.2) is 15.0 Å². The molecule has 0 atom stereocenters. The maximum absolute atomic E-state index is 5.19. The molecule has 8 aromatic carbocycles. The van der Waals surface area contributed by atoms with Gasteiger partial charge in [0, 0.05) is 57.0 Å². The van der Waals surface area contributed by atoms with Gasteiger partial charge in [-0.15, -0.1) is 22.7 Å². The molecule has 11 rings (SSSR count). The molecular formula is C51H31N3S2. The fraction of sp³-hybridized carbons (Fsp3) is 0. The van der Waals surface area contributed by atoms with Crippen molar-refractivity contribution >= 4 is 63.0 Å². The van der Waals surface area contributed by atoms with Crippen molar-refractivity contribution in [2.75, 3.05) is 0 Å². The summed E-state index contributed by atoms with van der Waals surface area (Å²) in [7, 11) is 0. The maximum atomic E-state index is 5.19. The number of hydrogen-bond acceptors (Lipinski definition) is 5. The second-order valence-corrected chi connectivity index (χ2v) is 16.0. The number of rotatable bonds is 6. The van der Waals surface area contributed by atoms with Gasteiger partial charge in [0.05, 0.1) is 0 Å². The third kappa shape index (κ3) is 5.60. The van der Waals surface area contributed by atoms with E-state index in [9.17, 15) is 0 Å². The van der Waals surface area contributed by atoms with E-state index in [1.165, 1.54) is 62.6 Å². The van der Waals surface area contributed by atoms with Crippen LogP contribution in [-0.4, -0.2) is 15.0 Å². The van der Waals surface area contributed by atoms with Crippen LogP contribution in [0, 0.1) is 0 Å². The van der Waals surface area contributed by atoms with E-state index in [-0.39, 0.29) is 0 Å². The second kappa shape index (κ2) is 13.5. The summed E-state index contributed by atoms with van der Waals surface area (Å²) in [5, 5.41) is 5.06. The summed E-state index contributed by atoms with van der Waals surface area (Å²) in [6.07, 6.45) is 0. The average Bonchev–Trinajstić information content (AvgIpc) is 3.86. The smallest absolute Gasteiger partial charge is 0.165 e. The van der Waals surface area contributed by atoms with Crippen LogP contribution in [0.5, 0.6) is 0 Å². The Kier molecular flexibility index (Phi) is 7.87. The van der Waals surface area contributed by atoms with Gasteiger partial charge in [0.2, 0.25) is 0 Å². The Bertz CT molecular complexity index is 3240. The molecule has 0 saturated carbocycles. The third-order valence-corrected chi connectivity index (χ3v) is 13.0. The van der Waals surface area contributed by atoms with Gasteiger partial charge < -0.3 is 0 Å². The van der Waals surface area contributed by atoms with Crippen LogP contribution in [0.25, 0.3) is 108 Å². The highest BCUT2D eigenvalue weighted by molar-refractivity contribution is 7.27. The minimum absolute atomic E-state index is 0.651. The molecule has 0 unspecified atom stereocenters. The molecule has 3 heterocycles. The van der Waals surface area contributed by atoms with E-state index in [2.05, 4.69) is 164 Å². The summed E-state index contributed by atoms with van der Waals surface area (Å²) in [6, 6.07) is 66.7. The summed E-state index contributed by atoms with van der Waals surface area (Å²) in [6.45, 7) is 0. The number of aromatic nitrogens is 3. The molecule has 0 saturated heterocycles. The van der Waals surface area contributed by atoms with Gasteiger partial charge in [0.15, 0.2) is 17.5 Å². The minimum atomic E-state index is 0.651. The number of thiophene rings is 2. The van der Waals surface area contributed by atoms with Crippen molar-refractivity contribution in [1.29, 1.82) is 0 Å². The van der Waals surface area contributed by atoms with Crippen molar-refractivity contribution in [2.24, 2.45) is 0 Å². The largest absolute Gasteiger partial charge is 0.208 e. The van der Waals surface area contributed by atoms with Gasteiger partial charge in [-0.2, -0.15) is 0 Å². The van der Waals surface area contributed by atoms with Crippen molar-refractivity contribution in [2.45, 2.75) is 0 Å². The Morgan fingerprint density at radius 1 is 0.286 bits per heavy atom. The van der Waals surface area contributed by atoms with Gasteiger partial charge in [-0.3, -0.25) is 0 Å². The lowest BCUT2D eigenvalue weighted by Crippen LogP contribution is -2.00. The first-order valence-corrected chi connectivity index (χ1v) is 20.3. The Hall–Kier alpha value is -6.79. The van der Waals surface area contributed by atoms with Crippen molar-refractivity contribution in [3.63, 3.8) is 0 Å². The highest BCUT2D eigenvalue weighted by atomic mass is 32.1. The highest BCUT2D eigenvalue weighted by Crippen LogP contribution is 2.47. The van der Waals surface area contributed by atoms with E-state index < -0.39 is 0 Å². The van der Waals surface area contributed by atoms with Crippen LogP contribution in [0.3, 0.4) is 0 Å². The topological polar surface area (TPSA) is 38.7 Å². The molecule has 0 spiro atoms. The minimum Gasteiger partial charge on any atom is -0.208 e.